The number of hydrogen-bond acceptors (Lipinski definition) is 6. The van der Waals surface area contributed by atoms with E-state index in [0.717, 1.165) is 12.0 Å². The highest BCUT2D eigenvalue weighted by Gasteiger charge is 2.07. The molecule has 0 atom stereocenters. The third kappa shape index (κ3) is 7.83. The van der Waals surface area contributed by atoms with E-state index in [1.54, 1.807) is 36.4 Å². The molecule has 3 aromatic rings. The van der Waals surface area contributed by atoms with E-state index in [9.17, 15) is 9.59 Å². The van der Waals surface area contributed by atoms with Gasteiger partial charge in [0, 0.05) is 24.2 Å². The first-order valence-corrected chi connectivity index (χ1v) is 11.0. The number of carboxylic acids is 1. The first-order chi connectivity index (χ1) is 16.4. The maximum Gasteiger partial charge on any atom is 0.335 e. The molecule has 0 unspecified atom stereocenters. The predicted molar refractivity (Wildman–Crippen MR) is 131 cm³/mol. The minimum absolute atomic E-state index is 0.131. The van der Waals surface area contributed by atoms with E-state index in [-0.39, 0.29) is 11.5 Å². The fourth-order valence-corrected chi connectivity index (χ4v) is 2.97. The molecular formula is C25H25ClN4O4. The third-order valence-corrected chi connectivity index (χ3v) is 4.79. The molecule has 1 aromatic heterocycles. The molecule has 0 aliphatic heterocycles. The number of carboxylic acid groups (broad SMARTS) is 1. The molecule has 0 aliphatic carbocycles. The lowest BCUT2D eigenvalue weighted by atomic mass is 10.2. The molecule has 0 radical (unpaired) electrons. The number of nitrogens with zero attached hydrogens (tertiary/aromatic N) is 1. The number of benzene rings is 2. The largest absolute Gasteiger partial charge is 0.478 e. The van der Waals surface area contributed by atoms with Crippen molar-refractivity contribution < 1.29 is 19.4 Å². The second kappa shape index (κ2) is 12.3. The minimum atomic E-state index is -1.03. The fourth-order valence-electron chi connectivity index (χ4n) is 2.84. The molecule has 176 valence electrons. The van der Waals surface area contributed by atoms with Crippen molar-refractivity contribution in [2.75, 3.05) is 11.9 Å². The second-order valence-electron chi connectivity index (χ2n) is 7.27. The molecule has 0 bridgehead atoms. The number of nitrogens with one attached hydrogen (secondary N) is 3. The lowest BCUT2D eigenvalue weighted by Gasteiger charge is -2.14. The molecule has 3 rings (SSSR count). The van der Waals surface area contributed by atoms with E-state index in [2.05, 4.69) is 20.9 Å². The van der Waals surface area contributed by atoms with Crippen molar-refractivity contribution in [1.29, 1.82) is 0 Å². The summed E-state index contributed by atoms with van der Waals surface area (Å²) in [5.74, 6) is 0.528. The van der Waals surface area contributed by atoms with Gasteiger partial charge < -0.3 is 25.8 Å². The van der Waals surface area contributed by atoms with E-state index in [1.807, 2.05) is 19.1 Å². The van der Waals surface area contributed by atoms with Gasteiger partial charge in [-0.3, -0.25) is 4.79 Å². The smallest absolute Gasteiger partial charge is 0.335 e. The van der Waals surface area contributed by atoms with E-state index in [4.69, 9.17) is 21.4 Å². The molecule has 0 fully saturated rings. The zero-order valence-corrected chi connectivity index (χ0v) is 19.3. The zero-order chi connectivity index (χ0) is 24.3. The summed E-state index contributed by atoms with van der Waals surface area (Å²) in [6.07, 6.45) is 3.78. The third-order valence-electron chi connectivity index (χ3n) is 4.54. The number of rotatable bonds is 11. The Morgan fingerprint density at radius 3 is 2.53 bits per heavy atom. The van der Waals surface area contributed by atoms with Crippen molar-refractivity contribution in [2.24, 2.45) is 0 Å². The monoisotopic (exact) mass is 480 g/mol. The molecule has 1 amide bonds. The van der Waals surface area contributed by atoms with Crippen LogP contribution in [0, 0.1) is 0 Å². The Bertz CT molecular complexity index is 1150. The lowest BCUT2D eigenvalue weighted by molar-refractivity contribution is -0.116. The topological polar surface area (TPSA) is 113 Å². The van der Waals surface area contributed by atoms with Gasteiger partial charge >= 0.3 is 5.97 Å². The standard InChI is InChI=1S/C25H25ClN4O4/c1-2-12-27-24(31)14-23(28-15-17-6-8-19(26)9-7-17)30-22-11-10-21(16-29-22)34-20-5-3-4-18(13-20)25(32)33/h3-11,13-14,16,28H,2,12,15H2,1H3,(H,27,31)(H,29,30)(H,32,33)/b23-14+. The van der Waals surface area contributed by atoms with Gasteiger partial charge in [-0.25, -0.2) is 9.78 Å². The molecule has 2 aromatic carbocycles. The SMILES string of the molecule is CCCNC(=O)/C=C(\NCc1ccc(Cl)cc1)Nc1ccc(Oc2cccc(C(=O)O)c2)cn1. The van der Waals surface area contributed by atoms with Gasteiger partial charge in [0.05, 0.1) is 11.8 Å². The van der Waals surface area contributed by atoms with Crippen LogP contribution in [0.4, 0.5) is 5.82 Å². The summed E-state index contributed by atoms with van der Waals surface area (Å²) in [6, 6.07) is 17.0. The highest BCUT2D eigenvalue weighted by molar-refractivity contribution is 6.30. The Morgan fingerprint density at radius 1 is 1.06 bits per heavy atom. The van der Waals surface area contributed by atoms with Gasteiger partial charge in [0.25, 0.3) is 0 Å². The Hall–Kier alpha value is -4.04. The molecular weight excluding hydrogens is 456 g/mol. The van der Waals surface area contributed by atoms with Crippen LogP contribution in [0.5, 0.6) is 11.5 Å². The summed E-state index contributed by atoms with van der Waals surface area (Å²) < 4.78 is 5.69. The second-order valence-corrected chi connectivity index (χ2v) is 7.70. The number of ether oxygens (including phenoxy) is 1. The average Bonchev–Trinajstić information content (AvgIpc) is 2.83. The first-order valence-electron chi connectivity index (χ1n) is 10.6. The number of amides is 1. The Balaban J connectivity index is 1.68. The van der Waals surface area contributed by atoms with Gasteiger partial charge in [0.2, 0.25) is 5.91 Å². The van der Waals surface area contributed by atoms with Crippen LogP contribution in [0.25, 0.3) is 0 Å². The highest BCUT2D eigenvalue weighted by atomic mass is 35.5. The lowest BCUT2D eigenvalue weighted by Crippen LogP contribution is -2.26. The summed E-state index contributed by atoms with van der Waals surface area (Å²) >= 11 is 5.94. The van der Waals surface area contributed by atoms with Crippen LogP contribution in [0.3, 0.4) is 0 Å². The van der Waals surface area contributed by atoms with Gasteiger partial charge in [-0.15, -0.1) is 0 Å². The number of pyridine rings is 1. The number of halogens is 1. The van der Waals surface area contributed by atoms with Crippen LogP contribution in [0.1, 0.15) is 29.3 Å². The van der Waals surface area contributed by atoms with Crippen molar-refractivity contribution in [3.8, 4) is 11.5 Å². The maximum atomic E-state index is 12.2. The first kappa shape index (κ1) is 24.6. The summed E-state index contributed by atoms with van der Waals surface area (Å²) in [6.45, 7) is 3.03. The number of carbonyl (C=O) groups is 2. The normalized spacial score (nSPS) is 10.9. The van der Waals surface area contributed by atoms with E-state index in [0.29, 0.717) is 41.3 Å². The molecule has 0 saturated heterocycles. The Kier molecular flexibility index (Phi) is 8.88. The van der Waals surface area contributed by atoms with Gasteiger partial charge in [-0.1, -0.05) is 36.7 Å². The molecule has 0 saturated carbocycles. The molecule has 0 spiro atoms. The van der Waals surface area contributed by atoms with E-state index >= 15 is 0 Å². The van der Waals surface area contributed by atoms with Crippen LogP contribution in [-0.2, 0) is 11.3 Å². The van der Waals surface area contributed by atoms with Crippen molar-refractivity contribution in [2.45, 2.75) is 19.9 Å². The number of aromatic nitrogens is 1. The predicted octanol–water partition coefficient (Wildman–Crippen LogP) is 4.79. The summed E-state index contributed by atoms with van der Waals surface area (Å²) in [7, 11) is 0. The number of carbonyl (C=O) groups excluding carboxylic acids is 1. The van der Waals surface area contributed by atoms with Gasteiger partial charge in [0.15, 0.2) is 0 Å². The van der Waals surface area contributed by atoms with Crippen LogP contribution >= 0.6 is 11.6 Å². The minimum Gasteiger partial charge on any atom is -0.478 e. The number of anilines is 1. The van der Waals surface area contributed by atoms with Crippen molar-refractivity contribution in [3.05, 3.63) is 94.9 Å². The number of hydrogen-bond donors (Lipinski definition) is 4. The summed E-state index contributed by atoms with van der Waals surface area (Å²) in [4.78, 5) is 27.7. The van der Waals surface area contributed by atoms with Gasteiger partial charge in [-0.05, 0) is 54.4 Å². The van der Waals surface area contributed by atoms with Crippen LogP contribution in [0.15, 0.2) is 78.8 Å². The van der Waals surface area contributed by atoms with E-state index in [1.165, 1.54) is 24.4 Å². The Labute approximate surface area is 202 Å². The number of aromatic carboxylic acids is 1. The van der Waals surface area contributed by atoms with Gasteiger partial charge in [0.1, 0.15) is 23.1 Å². The molecule has 8 nitrogen and oxygen atoms in total. The average molecular weight is 481 g/mol. The highest BCUT2D eigenvalue weighted by Crippen LogP contribution is 2.23. The molecule has 1 heterocycles. The molecule has 4 N–H and O–H groups in total. The fraction of sp³-hybridized carbons (Fsp3) is 0.160. The van der Waals surface area contributed by atoms with Crippen LogP contribution in [0.2, 0.25) is 5.02 Å². The van der Waals surface area contributed by atoms with Crippen molar-refractivity contribution >= 4 is 29.3 Å². The summed E-state index contributed by atoms with van der Waals surface area (Å²) in [5, 5.41) is 18.9. The van der Waals surface area contributed by atoms with E-state index < -0.39 is 5.97 Å². The quantitative estimate of drug-likeness (QED) is 0.292. The van der Waals surface area contributed by atoms with Gasteiger partial charge in [-0.2, -0.15) is 0 Å². The Morgan fingerprint density at radius 2 is 1.85 bits per heavy atom. The van der Waals surface area contributed by atoms with Crippen molar-refractivity contribution in [3.63, 3.8) is 0 Å². The zero-order valence-electron chi connectivity index (χ0n) is 18.5. The molecule has 0 aliphatic rings. The summed E-state index contributed by atoms with van der Waals surface area (Å²) in [5.41, 5.74) is 1.12. The van der Waals surface area contributed by atoms with Crippen LogP contribution in [-0.4, -0.2) is 28.5 Å². The van der Waals surface area contributed by atoms with Crippen LogP contribution < -0.4 is 20.7 Å². The van der Waals surface area contributed by atoms with Crippen molar-refractivity contribution in [1.82, 2.24) is 15.6 Å². The molecule has 34 heavy (non-hydrogen) atoms. The molecule has 9 heteroatoms. The maximum absolute atomic E-state index is 12.2.